The first-order valence-electron chi connectivity index (χ1n) is 5.51. The highest BCUT2D eigenvalue weighted by molar-refractivity contribution is 7.71. The number of benzene rings is 2. The molecule has 0 atom stereocenters. The van der Waals surface area contributed by atoms with Crippen molar-refractivity contribution in [2.24, 2.45) is 5.73 Å². The topological polar surface area (TPSA) is 58.9 Å². The number of carbonyl (C=O) groups is 1. The van der Waals surface area contributed by atoms with E-state index in [0.29, 0.717) is 10.2 Å². The van der Waals surface area contributed by atoms with Gasteiger partial charge in [0.1, 0.15) is 4.64 Å². The van der Waals surface area contributed by atoms with E-state index >= 15 is 0 Å². The number of aromatic nitrogens is 1. The molecule has 0 radical (unpaired) electrons. The standard InChI is InChI=1S/C14H10N2OS/c15-13(17)8-5-6-10-9-3-1-2-4-11(9)14(18)16-12(10)7-8/h1-7H,(H2,15,17)(H,16,18). The second-order valence-corrected chi connectivity index (χ2v) is 4.53. The number of nitrogens with two attached hydrogens (primary N) is 1. The van der Waals surface area contributed by atoms with Gasteiger partial charge in [0.05, 0.1) is 0 Å². The first-order chi connectivity index (χ1) is 8.66. The minimum atomic E-state index is -0.440. The van der Waals surface area contributed by atoms with Crippen molar-refractivity contribution in [2.45, 2.75) is 0 Å². The molecule has 1 amide bonds. The van der Waals surface area contributed by atoms with Crippen LogP contribution in [0.4, 0.5) is 0 Å². The number of primary amides is 1. The van der Waals surface area contributed by atoms with Gasteiger partial charge in [-0.1, -0.05) is 42.5 Å². The molecule has 4 heteroatoms. The number of hydrogen-bond acceptors (Lipinski definition) is 2. The number of hydrogen-bond donors (Lipinski definition) is 2. The van der Waals surface area contributed by atoms with Crippen LogP contribution in [0.1, 0.15) is 10.4 Å². The summed E-state index contributed by atoms with van der Waals surface area (Å²) in [6, 6.07) is 13.3. The van der Waals surface area contributed by atoms with E-state index in [1.54, 1.807) is 12.1 Å². The third-order valence-corrected chi connectivity index (χ3v) is 3.34. The largest absolute Gasteiger partial charge is 0.366 e. The van der Waals surface area contributed by atoms with Gasteiger partial charge in [-0.2, -0.15) is 0 Å². The Balaban J connectivity index is 2.50. The smallest absolute Gasteiger partial charge is 0.248 e. The summed E-state index contributed by atoms with van der Waals surface area (Å²) in [7, 11) is 0. The van der Waals surface area contributed by atoms with Gasteiger partial charge < -0.3 is 10.7 Å². The molecule has 0 saturated heterocycles. The fourth-order valence-electron chi connectivity index (χ4n) is 2.14. The van der Waals surface area contributed by atoms with Gasteiger partial charge in [0.15, 0.2) is 0 Å². The van der Waals surface area contributed by atoms with Crippen LogP contribution in [-0.2, 0) is 0 Å². The first-order valence-corrected chi connectivity index (χ1v) is 5.92. The molecule has 0 fully saturated rings. The molecule has 0 aliphatic rings. The van der Waals surface area contributed by atoms with Crippen LogP contribution in [0, 0.1) is 4.64 Å². The third kappa shape index (κ3) is 1.58. The summed E-state index contributed by atoms with van der Waals surface area (Å²) in [5.74, 6) is -0.440. The van der Waals surface area contributed by atoms with E-state index in [1.165, 1.54) is 0 Å². The highest BCUT2D eigenvalue weighted by atomic mass is 32.1. The SMILES string of the molecule is NC(=O)c1ccc2c(c1)[nH]c(=S)c1ccccc12. The van der Waals surface area contributed by atoms with Crippen molar-refractivity contribution in [3.8, 4) is 0 Å². The predicted octanol–water partition coefficient (Wildman–Crippen LogP) is 3.15. The molecule has 0 aliphatic heterocycles. The molecule has 18 heavy (non-hydrogen) atoms. The molecule has 0 aliphatic carbocycles. The lowest BCUT2D eigenvalue weighted by molar-refractivity contribution is 0.100. The Labute approximate surface area is 108 Å². The fourth-order valence-corrected chi connectivity index (χ4v) is 2.43. The summed E-state index contributed by atoms with van der Waals surface area (Å²) < 4.78 is 0.666. The van der Waals surface area contributed by atoms with Crippen LogP contribution in [0.2, 0.25) is 0 Å². The molecule has 1 heterocycles. The Morgan fingerprint density at radius 3 is 2.50 bits per heavy atom. The van der Waals surface area contributed by atoms with E-state index < -0.39 is 5.91 Å². The molecule has 3 nitrogen and oxygen atoms in total. The summed E-state index contributed by atoms with van der Waals surface area (Å²) in [5.41, 5.74) is 6.58. The van der Waals surface area contributed by atoms with Crippen LogP contribution in [0.25, 0.3) is 21.7 Å². The van der Waals surface area contributed by atoms with Crippen LogP contribution >= 0.6 is 12.2 Å². The van der Waals surface area contributed by atoms with Gasteiger partial charge in [0.2, 0.25) is 5.91 Å². The Kier molecular flexibility index (Phi) is 2.38. The molecule has 3 rings (SSSR count). The summed E-state index contributed by atoms with van der Waals surface area (Å²) in [6.07, 6.45) is 0. The zero-order chi connectivity index (χ0) is 12.7. The Morgan fingerprint density at radius 1 is 1.06 bits per heavy atom. The second kappa shape index (κ2) is 3.92. The predicted molar refractivity (Wildman–Crippen MR) is 75.2 cm³/mol. The minimum absolute atomic E-state index is 0.440. The lowest BCUT2D eigenvalue weighted by Crippen LogP contribution is -2.10. The van der Waals surface area contributed by atoms with Crippen LogP contribution in [0.5, 0.6) is 0 Å². The molecular formula is C14H10N2OS. The number of amides is 1. The molecule has 0 saturated carbocycles. The highest BCUT2D eigenvalue weighted by Crippen LogP contribution is 2.25. The zero-order valence-electron chi connectivity index (χ0n) is 9.44. The lowest BCUT2D eigenvalue weighted by Gasteiger charge is -2.05. The number of carbonyl (C=O) groups excluding carboxylic acids is 1. The summed E-state index contributed by atoms with van der Waals surface area (Å²) in [5, 5.41) is 3.11. The van der Waals surface area contributed by atoms with E-state index in [0.717, 1.165) is 21.7 Å². The molecule has 0 bridgehead atoms. The maximum absolute atomic E-state index is 11.2. The van der Waals surface area contributed by atoms with Gasteiger partial charge in [-0.25, -0.2) is 0 Å². The quantitative estimate of drug-likeness (QED) is 0.517. The van der Waals surface area contributed by atoms with Gasteiger partial charge >= 0.3 is 0 Å². The second-order valence-electron chi connectivity index (χ2n) is 4.12. The minimum Gasteiger partial charge on any atom is -0.366 e. The monoisotopic (exact) mass is 254 g/mol. The van der Waals surface area contributed by atoms with E-state index in [-0.39, 0.29) is 0 Å². The number of nitrogens with one attached hydrogen (secondary N) is 1. The van der Waals surface area contributed by atoms with Crippen molar-refractivity contribution >= 4 is 39.8 Å². The molecule has 1 aromatic heterocycles. The molecule has 3 aromatic rings. The summed E-state index contributed by atoms with van der Waals surface area (Å²) in [4.78, 5) is 14.3. The average Bonchev–Trinajstić information content (AvgIpc) is 2.38. The molecule has 0 spiro atoms. The fraction of sp³-hybridized carbons (Fsp3) is 0. The van der Waals surface area contributed by atoms with E-state index in [4.69, 9.17) is 18.0 Å². The van der Waals surface area contributed by atoms with Gasteiger partial charge in [0.25, 0.3) is 0 Å². The molecule has 0 unspecified atom stereocenters. The van der Waals surface area contributed by atoms with Gasteiger partial charge in [-0.3, -0.25) is 4.79 Å². The van der Waals surface area contributed by atoms with Crippen molar-refractivity contribution in [1.82, 2.24) is 4.98 Å². The Bertz CT molecular complexity index is 836. The average molecular weight is 254 g/mol. The maximum Gasteiger partial charge on any atom is 0.248 e. The van der Waals surface area contributed by atoms with Crippen LogP contribution in [0.15, 0.2) is 42.5 Å². The summed E-state index contributed by atoms with van der Waals surface area (Å²) >= 11 is 5.32. The molecular weight excluding hydrogens is 244 g/mol. The number of pyridine rings is 1. The molecule has 3 N–H and O–H groups in total. The van der Waals surface area contributed by atoms with Crippen LogP contribution < -0.4 is 5.73 Å². The van der Waals surface area contributed by atoms with Crippen LogP contribution in [-0.4, -0.2) is 10.9 Å². The number of aromatic amines is 1. The number of H-pyrrole nitrogens is 1. The molecule has 88 valence electrons. The zero-order valence-corrected chi connectivity index (χ0v) is 10.3. The maximum atomic E-state index is 11.2. The Hall–Kier alpha value is -2.20. The van der Waals surface area contributed by atoms with Crippen molar-refractivity contribution in [1.29, 1.82) is 0 Å². The normalized spacial score (nSPS) is 10.9. The van der Waals surface area contributed by atoms with Crippen molar-refractivity contribution in [3.63, 3.8) is 0 Å². The summed E-state index contributed by atoms with van der Waals surface area (Å²) in [6.45, 7) is 0. The highest BCUT2D eigenvalue weighted by Gasteiger charge is 2.05. The van der Waals surface area contributed by atoms with Crippen LogP contribution in [0.3, 0.4) is 0 Å². The number of rotatable bonds is 1. The van der Waals surface area contributed by atoms with Crippen molar-refractivity contribution in [2.75, 3.05) is 0 Å². The first kappa shape index (κ1) is 10.9. The lowest BCUT2D eigenvalue weighted by atomic mass is 10.0. The van der Waals surface area contributed by atoms with E-state index in [9.17, 15) is 4.79 Å². The van der Waals surface area contributed by atoms with Gasteiger partial charge in [-0.15, -0.1) is 0 Å². The van der Waals surface area contributed by atoms with E-state index in [1.807, 2.05) is 30.3 Å². The Morgan fingerprint density at radius 2 is 1.78 bits per heavy atom. The third-order valence-electron chi connectivity index (χ3n) is 3.01. The van der Waals surface area contributed by atoms with Crippen molar-refractivity contribution in [3.05, 3.63) is 52.7 Å². The van der Waals surface area contributed by atoms with Gasteiger partial charge in [0, 0.05) is 21.9 Å². The van der Waals surface area contributed by atoms with E-state index in [2.05, 4.69) is 4.98 Å². The van der Waals surface area contributed by atoms with Gasteiger partial charge in [-0.05, 0) is 17.5 Å². The number of fused-ring (bicyclic) bond motifs is 3. The van der Waals surface area contributed by atoms with Crippen molar-refractivity contribution < 1.29 is 4.79 Å². The molecule has 2 aromatic carbocycles.